The molecule has 0 N–H and O–H groups in total. The van der Waals surface area contributed by atoms with Crippen LogP contribution >= 0.6 is 47.0 Å². The zero-order valence-corrected chi connectivity index (χ0v) is 40.0. The van der Waals surface area contributed by atoms with Gasteiger partial charge in [-0.1, -0.05) is 222 Å². The molecule has 0 unspecified atom stereocenters. The lowest BCUT2D eigenvalue weighted by atomic mass is 9.98. The van der Waals surface area contributed by atoms with Gasteiger partial charge in [0.1, 0.15) is 11.5 Å². The topological polar surface area (TPSA) is 18.5 Å². The minimum absolute atomic E-state index is 0.169. The third-order valence-electron chi connectivity index (χ3n) is 11.7. The van der Waals surface area contributed by atoms with Crippen LogP contribution in [0.3, 0.4) is 0 Å². The highest BCUT2D eigenvalue weighted by Gasteiger charge is 2.53. The molecule has 2 aliphatic heterocycles. The molecule has 8 heteroatoms. The maximum atomic E-state index is 7.69. The fourth-order valence-electron chi connectivity index (χ4n) is 9.06. The first kappa shape index (κ1) is 41.1. The number of fused-ring (bicyclic) bond motifs is 2. The van der Waals surface area contributed by atoms with Gasteiger partial charge in [0, 0.05) is 10.4 Å². The van der Waals surface area contributed by atoms with Gasteiger partial charge >= 0.3 is 16.6 Å². The molecule has 2 heterocycles. The van der Waals surface area contributed by atoms with E-state index in [0.29, 0.717) is 0 Å². The maximum Gasteiger partial charge on any atom is 0.319 e. The first-order valence-corrected chi connectivity index (χ1v) is 27.7. The molecule has 0 saturated carbocycles. The van der Waals surface area contributed by atoms with E-state index in [1.54, 1.807) is 47.0 Å². The van der Waals surface area contributed by atoms with E-state index in [4.69, 9.17) is 8.85 Å². The van der Waals surface area contributed by atoms with Gasteiger partial charge in [0.15, 0.2) is 0 Å². The first-order chi connectivity index (χ1) is 29.0. The molecule has 0 fully saturated rings. The number of rotatable bonds is 8. The highest BCUT2D eigenvalue weighted by molar-refractivity contribution is 8.35. The minimum atomic E-state index is -2.89. The summed E-state index contributed by atoms with van der Waals surface area (Å²) in [6.45, 7) is 14.1. The molecule has 0 bridgehead atoms. The van der Waals surface area contributed by atoms with Crippen LogP contribution in [-0.4, -0.2) is 16.6 Å². The van der Waals surface area contributed by atoms with Crippen molar-refractivity contribution in [1.29, 1.82) is 0 Å². The summed E-state index contributed by atoms with van der Waals surface area (Å²) >= 11 is 7.22. The summed E-state index contributed by atoms with van der Waals surface area (Å²) < 4.78 is 17.9. The highest BCUT2D eigenvalue weighted by atomic mass is 32.2. The Kier molecular flexibility index (Phi) is 11.3. The van der Waals surface area contributed by atoms with Gasteiger partial charge < -0.3 is 8.85 Å². The predicted molar refractivity (Wildman–Crippen MR) is 273 cm³/mol. The molecule has 0 atom stereocenters. The molecule has 0 spiro atoms. The van der Waals surface area contributed by atoms with Gasteiger partial charge in [-0.25, -0.2) is 0 Å². The Balaban J connectivity index is 1.31. The third kappa shape index (κ3) is 7.23. The van der Waals surface area contributed by atoms with Crippen LogP contribution in [0, 0.1) is 0 Å². The Morgan fingerprint density at radius 1 is 0.350 bits per heavy atom. The summed E-state index contributed by atoms with van der Waals surface area (Å²) in [7, 11) is -5.77. The summed E-state index contributed by atoms with van der Waals surface area (Å²) in [5.74, 6) is 1.79. The van der Waals surface area contributed by atoms with E-state index in [1.807, 2.05) is 0 Å². The van der Waals surface area contributed by atoms with Crippen molar-refractivity contribution in [1.82, 2.24) is 0 Å². The van der Waals surface area contributed by atoms with Crippen LogP contribution in [-0.2, 0) is 0 Å². The summed E-state index contributed by atoms with van der Waals surface area (Å²) in [4.78, 5) is 0. The largest absolute Gasteiger partial charge is 0.534 e. The molecule has 60 heavy (non-hydrogen) atoms. The molecule has 7 aromatic rings. The summed E-state index contributed by atoms with van der Waals surface area (Å²) in [5, 5.41) is 20.9. The normalized spacial score (nSPS) is 14.7. The standard InChI is InChI=1S/C52H48O2S4Si2/c1-51(2,3)59(39-19-11-7-12-20-39,40-21-13-8-14-22-40)53-37-27-29-43-45(35-37)47(49-55-31-32-56-49)44-30-28-38(36-46(44)48(43)50-57-33-34-58-50)54-60(52(4,5)6,41-23-15-9-16-24-41)42-25-17-10-18-26-42/h7-36H,1-6H3. The molecular formula is C52H48O2S4Si2. The molecule has 0 aromatic heterocycles. The minimum Gasteiger partial charge on any atom is -0.534 e. The van der Waals surface area contributed by atoms with Crippen LogP contribution in [0.2, 0.25) is 10.1 Å². The Morgan fingerprint density at radius 3 is 0.900 bits per heavy atom. The van der Waals surface area contributed by atoms with Crippen molar-refractivity contribution in [2.45, 2.75) is 51.6 Å². The summed E-state index contributed by atoms with van der Waals surface area (Å²) in [6, 6.07) is 57.5. The molecule has 7 aromatic carbocycles. The Bertz CT molecular complexity index is 2590. The molecular weight excluding hydrogens is 841 g/mol. The van der Waals surface area contributed by atoms with Gasteiger partial charge in [-0.15, -0.1) is 0 Å². The molecule has 0 saturated heterocycles. The average molecular weight is 889 g/mol. The average Bonchev–Trinajstić information content (AvgIpc) is 4.00. The molecule has 0 amide bonds. The third-order valence-corrected chi connectivity index (χ3v) is 25.8. The summed E-state index contributed by atoms with van der Waals surface area (Å²) in [5.41, 5.74) is 0. The van der Waals surface area contributed by atoms with Crippen LogP contribution < -0.4 is 40.0 Å². The van der Waals surface area contributed by atoms with Gasteiger partial charge in [0.2, 0.25) is 0 Å². The molecule has 300 valence electrons. The van der Waals surface area contributed by atoms with E-state index in [0.717, 1.165) is 11.5 Å². The lowest BCUT2D eigenvalue weighted by Gasteiger charge is -2.43. The SMILES string of the molecule is CC(C)(C)[Si](Oc1ccc2c(=C3SC=CS3)c3cc(O[Si](c4ccccc4)(c4ccccc4)C(C)(C)C)ccc3c(=C3SC=CS3)c2c1)(c1ccccc1)c1ccccc1. The number of benzene rings is 7. The second-order valence-electron chi connectivity index (χ2n) is 17.3. The van der Waals surface area contributed by atoms with Crippen molar-refractivity contribution in [2.24, 2.45) is 0 Å². The van der Waals surface area contributed by atoms with E-state index in [1.165, 1.54) is 61.2 Å². The van der Waals surface area contributed by atoms with Crippen LogP contribution in [0.15, 0.2) is 179 Å². The van der Waals surface area contributed by atoms with E-state index in [9.17, 15) is 0 Å². The van der Waals surface area contributed by atoms with Crippen LogP contribution in [0.25, 0.3) is 30.0 Å². The second kappa shape index (κ2) is 16.5. The van der Waals surface area contributed by atoms with Crippen LogP contribution in [0.4, 0.5) is 0 Å². The van der Waals surface area contributed by atoms with E-state index in [2.05, 4.69) is 221 Å². The van der Waals surface area contributed by atoms with Crippen molar-refractivity contribution < 1.29 is 8.85 Å². The number of hydrogen-bond acceptors (Lipinski definition) is 6. The molecule has 9 rings (SSSR count). The predicted octanol–water partition coefficient (Wildman–Crippen LogP) is 11.9. The van der Waals surface area contributed by atoms with Gasteiger partial charge in [-0.05, 0) is 98.3 Å². The molecule has 2 nitrogen and oxygen atoms in total. The molecule has 0 radical (unpaired) electrons. The molecule has 0 aliphatic carbocycles. The van der Waals surface area contributed by atoms with E-state index < -0.39 is 16.6 Å². The maximum absolute atomic E-state index is 7.69. The van der Waals surface area contributed by atoms with Gasteiger partial charge in [0.25, 0.3) is 0 Å². The van der Waals surface area contributed by atoms with Crippen LogP contribution in [0.1, 0.15) is 41.5 Å². The van der Waals surface area contributed by atoms with Crippen molar-refractivity contribution in [3.8, 4) is 11.5 Å². The van der Waals surface area contributed by atoms with Crippen molar-refractivity contribution in [3.05, 3.63) is 190 Å². The first-order valence-electron chi connectivity index (χ1n) is 20.4. The number of hydrogen-bond donors (Lipinski definition) is 0. The second-order valence-corrected chi connectivity index (χ2v) is 29.9. The summed E-state index contributed by atoms with van der Waals surface area (Å²) in [6.07, 6.45) is 0. The fourth-order valence-corrected chi connectivity index (χ4v) is 21.7. The fraction of sp³-hybridized carbons (Fsp3) is 0.154. The van der Waals surface area contributed by atoms with Crippen LogP contribution in [0.5, 0.6) is 11.5 Å². The molecule has 2 aliphatic rings. The lowest BCUT2D eigenvalue weighted by molar-refractivity contribution is 0.508. The monoisotopic (exact) mass is 888 g/mol. The van der Waals surface area contributed by atoms with E-state index in [-0.39, 0.29) is 10.1 Å². The van der Waals surface area contributed by atoms with Crippen molar-refractivity contribution in [2.75, 3.05) is 0 Å². The zero-order chi connectivity index (χ0) is 41.5. The Morgan fingerprint density at radius 2 is 0.633 bits per heavy atom. The smallest absolute Gasteiger partial charge is 0.319 e. The highest BCUT2D eigenvalue weighted by Crippen LogP contribution is 2.44. The van der Waals surface area contributed by atoms with E-state index >= 15 is 0 Å². The van der Waals surface area contributed by atoms with Gasteiger partial charge in [0.05, 0.1) is 8.47 Å². The Labute approximate surface area is 373 Å². The van der Waals surface area contributed by atoms with Crippen molar-refractivity contribution in [3.63, 3.8) is 0 Å². The van der Waals surface area contributed by atoms with Gasteiger partial charge in [-0.3, -0.25) is 0 Å². The zero-order valence-electron chi connectivity index (χ0n) is 34.8. The lowest BCUT2D eigenvalue weighted by Crippen LogP contribution is -2.68. The number of thioether (sulfide) groups is 4. The quantitative estimate of drug-likeness (QED) is 0.111. The Hall–Kier alpha value is -4.29. The van der Waals surface area contributed by atoms with Gasteiger partial charge in [-0.2, -0.15) is 0 Å². The van der Waals surface area contributed by atoms with Crippen molar-refractivity contribution >= 4 is 114 Å².